The molecule has 1 fully saturated rings. The van der Waals surface area contributed by atoms with Crippen LogP contribution in [0.15, 0.2) is 24.3 Å². The molecule has 1 aliphatic carbocycles. The number of carboxylic acids is 1. The lowest BCUT2D eigenvalue weighted by molar-refractivity contribution is -0.138. The Balaban J connectivity index is 2.01. The average molecular weight is 228 g/mol. The van der Waals surface area contributed by atoms with Crippen LogP contribution in [0.5, 0.6) is 5.75 Å². The minimum Gasteiger partial charge on any atom is -0.481 e. The van der Waals surface area contributed by atoms with Gasteiger partial charge in [0.2, 0.25) is 0 Å². The Labute approximate surface area is 90.7 Å². The third kappa shape index (κ3) is 2.29. The first kappa shape index (κ1) is 10.9. The molecule has 0 bridgehead atoms. The predicted octanol–water partition coefficient (Wildman–Crippen LogP) is 2.48. The van der Waals surface area contributed by atoms with Gasteiger partial charge in [0.25, 0.3) is 0 Å². The van der Waals surface area contributed by atoms with Crippen LogP contribution < -0.4 is 4.74 Å². The molecule has 0 unspecified atom stereocenters. The van der Waals surface area contributed by atoms with Crippen LogP contribution in [0.2, 0.25) is 0 Å². The molecule has 0 aromatic heterocycles. The van der Waals surface area contributed by atoms with Crippen molar-refractivity contribution in [2.75, 3.05) is 0 Å². The van der Waals surface area contributed by atoms with Gasteiger partial charge in [-0.05, 0) is 30.0 Å². The number of alkyl halides is 2. The number of hydrogen-bond donors (Lipinski definition) is 1. The Morgan fingerprint density at radius 2 is 2.00 bits per heavy atom. The Hall–Kier alpha value is -1.65. The number of ether oxygens (including phenoxy) is 1. The SMILES string of the molecule is O=C(O)[C@H]1C[C@H]1c1ccc(OC(F)F)cc1. The van der Waals surface area contributed by atoms with E-state index in [-0.39, 0.29) is 17.6 Å². The average Bonchev–Trinajstić information content (AvgIpc) is 2.97. The Kier molecular flexibility index (Phi) is 2.77. The molecule has 3 nitrogen and oxygen atoms in total. The van der Waals surface area contributed by atoms with Crippen molar-refractivity contribution in [1.82, 2.24) is 0 Å². The first-order valence-corrected chi connectivity index (χ1v) is 4.85. The maximum absolute atomic E-state index is 11.9. The molecule has 86 valence electrons. The molecule has 0 saturated heterocycles. The smallest absolute Gasteiger partial charge is 0.387 e. The monoisotopic (exact) mass is 228 g/mol. The number of halogens is 2. The quantitative estimate of drug-likeness (QED) is 0.861. The molecule has 0 heterocycles. The standard InChI is InChI=1S/C11H10F2O3/c12-11(13)16-7-3-1-6(2-4-7)8-5-9(8)10(14)15/h1-4,8-9,11H,5H2,(H,14,15)/t8-,9-/m0/s1. The maximum atomic E-state index is 11.9. The summed E-state index contributed by atoms with van der Waals surface area (Å²) in [6.45, 7) is -2.83. The van der Waals surface area contributed by atoms with Crippen LogP contribution in [0.3, 0.4) is 0 Å². The lowest BCUT2D eigenvalue weighted by Crippen LogP contribution is -2.02. The van der Waals surface area contributed by atoms with Crippen molar-refractivity contribution in [2.24, 2.45) is 5.92 Å². The highest BCUT2D eigenvalue weighted by Crippen LogP contribution is 2.47. The van der Waals surface area contributed by atoms with Gasteiger partial charge in [0.05, 0.1) is 5.92 Å². The van der Waals surface area contributed by atoms with E-state index in [2.05, 4.69) is 4.74 Å². The van der Waals surface area contributed by atoms with Crippen molar-refractivity contribution >= 4 is 5.97 Å². The van der Waals surface area contributed by atoms with Crippen molar-refractivity contribution in [2.45, 2.75) is 19.0 Å². The molecule has 1 saturated carbocycles. The van der Waals surface area contributed by atoms with E-state index in [1.54, 1.807) is 12.1 Å². The van der Waals surface area contributed by atoms with Gasteiger partial charge < -0.3 is 9.84 Å². The van der Waals surface area contributed by atoms with E-state index in [4.69, 9.17) is 5.11 Å². The maximum Gasteiger partial charge on any atom is 0.387 e. The number of hydrogen-bond acceptors (Lipinski definition) is 2. The summed E-state index contributed by atoms with van der Waals surface area (Å²) in [4.78, 5) is 10.6. The molecule has 1 aromatic rings. The minimum absolute atomic E-state index is 0.0121. The van der Waals surface area contributed by atoms with E-state index in [0.717, 1.165) is 5.56 Å². The van der Waals surface area contributed by atoms with Gasteiger partial charge in [0.1, 0.15) is 5.75 Å². The molecular weight excluding hydrogens is 218 g/mol. The van der Waals surface area contributed by atoms with Crippen LogP contribution in [-0.4, -0.2) is 17.7 Å². The fraction of sp³-hybridized carbons (Fsp3) is 0.364. The van der Waals surface area contributed by atoms with E-state index in [1.807, 2.05) is 0 Å². The molecule has 2 atom stereocenters. The number of rotatable bonds is 4. The molecule has 1 aliphatic rings. The number of carboxylic acid groups (broad SMARTS) is 1. The molecular formula is C11H10F2O3. The fourth-order valence-electron chi connectivity index (χ4n) is 1.73. The zero-order chi connectivity index (χ0) is 11.7. The summed E-state index contributed by atoms with van der Waals surface area (Å²) in [5.41, 5.74) is 0.856. The largest absolute Gasteiger partial charge is 0.481 e. The van der Waals surface area contributed by atoms with Crippen molar-refractivity contribution in [3.8, 4) is 5.75 Å². The summed E-state index contributed by atoms with van der Waals surface area (Å²) in [6.07, 6.45) is 0.615. The third-order valence-electron chi connectivity index (χ3n) is 2.64. The van der Waals surface area contributed by atoms with Crippen molar-refractivity contribution < 1.29 is 23.4 Å². The summed E-state index contributed by atoms with van der Waals surface area (Å²) in [7, 11) is 0. The number of benzene rings is 1. The topological polar surface area (TPSA) is 46.5 Å². The second kappa shape index (κ2) is 4.08. The third-order valence-corrected chi connectivity index (χ3v) is 2.64. The highest BCUT2D eigenvalue weighted by Gasteiger charge is 2.44. The van der Waals surface area contributed by atoms with Crippen LogP contribution in [0, 0.1) is 5.92 Å². The summed E-state index contributed by atoms with van der Waals surface area (Å²) >= 11 is 0. The molecule has 0 aliphatic heterocycles. The predicted molar refractivity (Wildman–Crippen MR) is 51.6 cm³/mol. The van der Waals surface area contributed by atoms with E-state index in [9.17, 15) is 13.6 Å². The first-order chi connectivity index (χ1) is 7.58. The molecule has 1 N–H and O–H groups in total. The molecule has 16 heavy (non-hydrogen) atoms. The van der Waals surface area contributed by atoms with Crippen LogP contribution in [0.25, 0.3) is 0 Å². The zero-order valence-corrected chi connectivity index (χ0v) is 8.27. The van der Waals surface area contributed by atoms with E-state index < -0.39 is 12.6 Å². The van der Waals surface area contributed by atoms with Crippen molar-refractivity contribution in [3.05, 3.63) is 29.8 Å². The van der Waals surface area contributed by atoms with Gasteiger partial charge in [-0.1, -0.05) is 12.1 Å². The second-order valence-corrected chi connectivity index (χ2v) is 3.73. The summed E-state index contributed by atoms with van der Waals surface area (Å²) < 4.78 is 27.9. The lowest BCUT2D eigenvalue weighted by atomic mass is 10.1. The fourth-order valence-corrected chi connectivity index (χ4v) is 1.73. The van der Waals surface area contributed by atoms with Crippen LogP contribution in [0.1, 0.15) is 17.9 Å². The van der Waals surface area contributed by atoms with Crippen LogP contribution in [-0.2, 0) is 4.79 Å². The lowest BCUT2D eigenvalue weighted by Gasteiger charge is -2.05. The Bertz CT molecular complexity index is 389. The first-order valence-electron chi connectivity index (χ1n) is 4.85. The van der Waals surface area contributed by atoms with Gasteiger partial charge in [-0.15, -0.1) is 0 Å². The van der Waals surface area contributed by atoms with E-state index >= 15 is 0 Å². The minimum atomic E-state index is -2.83. The Morgan fingerprint density at radius 3 is 2.44 bits per heavy atom. The summed E-state index contributed by atoms with van der Waals surface area (Å²) in [6, 6.07) is 6.12. The second-order valence-electron chi connectivity index (χ2n) is 3.73. The van der Waals surface area contributed by atoms with Crippen molar-refractivity contribution in [1.29, 1.82) is 0 Å². The highest BCUT2D eigenvalue weighted by molar-refractivity contribution is 5.75. The van der Waals surface area contributed by atoms with E-state index in [1.165, 1.54) is 12.1 Å². The molecule has 0 radical (unpaired) electrons. The highest BCUT2D eigenvalue weighted by atomic mass is 19.3. The van der Waals surface area contributed by atoms with Gasteiger partial charge in [0, 0.05) is 0 Å². The summed E-state index contributed by atoms with van der Waals surface area (Å²) in [5.74, 6) is -1.04. The zero-order valence-electron chi connectivity index (χ0n) is 8.27. The van der Waals surface area contributed by atoms with Gasteiger partial charge in [-0.25, -0.2) is 0 Å². The number of carbonyl (C=O) groups is 1. The molecule has 0 spiro atoms. The van der Waals surface area contributed by atoms with Crippen LogP contribution >= 0.6 is 0 Å². The van der Waals surface area contributed by atoms with E-state index in [0.29, 0.717) is 6.42 Å². The Morgan fingerprint density at radius 1 is 1.38 bits per heavy atom. The normalized spacial score (nSPS) is 23.2. The number of aliphatic carboxylic acids is 1. The molecule has 2 rings (SSSR count). The molecule has 0 amide bonds. The van der Waals surface area contributed by atoms with Crippen LogP contribution in [0.4, 0.5) is 8.78 Å². The molecule has 1 aromatic carbocycles. The van der Waals surface area contributed by atoms with Gasteiger partial charge in [0.15, 0.2) is 0 Å². The van der Waals surface area contributed by atoms with Gasteiger partial charge in [-0.3, -0.25) is 4.79 Å². The van der Waals surface area contributed by atoms with Crippen molar-refractivity contribution in [3.63, 3.8) is 0 Å². The summed E-state index contributed by atoms with van der Waals surface area (Å²) in [5, 5.41) is 8.73. The molecule has 5 heteroatoms. The van der Waals surface area contributed by atoms with Gasteiger partial charge >= 0.3 is 12.6 Å². The van der Waals surface area contributed by atoms with Gasteiger partial charge in [-0.2, -0.15) is 8.78 Å².